The summed E-state index contributed by atoms with van der Waals surface area (Å²) in [6.07, 6.45) is 5.08. The van der Waals surface area contributed by atoms with E-state index in [9.17, 15) is 13.5 Å². The average Bonchev–Trinajstić information content (AvgIpc) is 2.54. The molecule has 0 aromatic heterocycles. The van der Waals surface area contributed by atoms with Gasteiger partial charge in [-0.2, -0.15) is 0 Å². The molecule has 2 unspecified atom stereocenters. The molecule has 0 spiro atoms. The van der Waals surface area contributed by atoms with Gasteiger partial charge in [-0.25, -0.2) is 13.1 Å². The smallest absolute Gasteiger partial charge is 0.240 e. The summed E-state index contributed by atoms with van der Waals surface area (Å²) in [5, 5.41) is 9.37. The van der Waals surface area contributed by atoms with Gasteiger partial charge in [-0.1, -0.05) is 25.8 Å². The predicted molar refractivity (Wildman–Crippen MR) is 74.5 cm³/mol. The number of benzene rings is 1. The SMILES string of the molecule is CC1CCCC(NS(=O)(=O)c2cccc(O)c2)CC1. The van der Waals surface area contributed by atoms with E-state index in [1.54, 1.807) is 6.07 Å². The number of phenols is 1. The molecule has 0 radical (unpaired) electrons. The van der Waals surface area contributed by atoms with Crippen LogP contribution in [0.1, 0.15) is 39.0 Å². The molecule has 19 heavy (non-hydrogen) atoms. The second-order valence-electron chi connectivity index (χ2n) is 5.43. The molecule has 0 saturated heterocycles. The minimum atomic E-state index is -3.53. The Labute approximate surface area is 114 Å². The fraction of sp³-hybridized carbons (Fsp3) is 0.571. The number of nitrogens with one attached hydrogen (secondary N) is 1. The van der Waals surface area contributed by atoms with Gasteiger partial charge in [0, 0.05) is 6.04 Å². The van der Waals surface area contributed by atoms with Crippen molar-refractivity contribution in [1.29, 1.82) is 0 Å². The van der Waals surface area contributed by atoms with Crippen LogP contribution in [0.4, 0.5) is 0 Å². The van der Waals surface area contributed by atoms with E-state index in [2.05, 4.69) is 11.6 Å². The number of hydrogen-bond donors (Lipinski definition) is 2. The highest BCUT2D eigenvalue weighted by Gasteiger charge is 2.22. The van der Waals surface area contributed by atoms with Gasteiger partial charge in [0.25, 0.3) is 0 Å². The van der Waals surface area contributed by atoms with Crippen molar-refractivity contribution in [1.82, 2.24) is 4.72 Å². The zero-order valence-corrected chi connectivity index (χ0v) is 12.0. The Morgan fingerprint density at radius 3 is 2.74 bits per heavy atom. The molecule has 1 saturated carbocycles. The van der Waals surface area contributed by atoms with Gasteiger partial charge in [-0.05, 0) is 43.4 Å². The standard InChI is InChI=1S/C14H21NO3S/c1-11-4-2-5-12(9-8-11)15-19(17,18)14-7-3-6-13(16)10-14/h3,6-7,10-12,15-16H,2,4-5,8-9H2,1H3. The van der Waals surface area contributed by atoms with E-state index >= 15 is 0 Å². The first kappa shape index (κ1) is 14.3. The molecule has 1 aliphatic carbocycles. The third-order valence-electron chi connectivity index (χ3n) is 3.71. The van der Waals surface area contributed by atoms with Crippen LogP contribution >= 0.6 is 0 Å². The second-order valence-corrected chi connectivity index (χ2v) is 7.14. The van der Waals surface area contributed by atoms with Gasteiger partial charge in [0.2, 0.25) is 10.0 Å². The fourth-order valence-corrected chi connectivity index (χ4v) is 3.89. The van der Waals surface area contributed by atoms with Gasteiger partial charge in [-0.3, -0.25) is 0 Å². The molecule has 0 aliphatic heterocycles. The summed E-state index contributed by atoms with van der Waals surface area (Å²) in [6.45, 7) is 2.21. The van der Waals surface area contributed by atoms with Crippen molar-refractivity contribution in [2.75, 3.05) is 0 Å². The molecule has 0 heterocycles. The van der Waals surface area contributed by atoms with E-state index in [1.807, 2.05) is 0 Å². The third-order valence-corrected chi connectivity index (χ3v) is 5.23. The van der Waals surface area contributed by atoms with Crippen molar-refractivity contribution in [3.05, 3.63) is 24.3 Å². The molecule has 1 aliphatic rings. The highest BCUT2D eigenvalue weighted by atomic mass is 32.2. The van der Waals surface area contributed by atoms with E-state index in [-0.39, 0.29) is 16.7 Å². The Morgan fingerprint density at radius 2 is 2.00 bits per heavy atom. The Kier molecular flexibility index (Phi) is 4.47. The Morgan fingerprint density at radius 1 is 1.21 bits per heavy atom. The van der Waals surface area contributed by atoms with Gasteiger partial charge in [-0.15, -0.1) is 0 Å². The van der Waals surface area contributed by atoms with Gasteiger partial charge < -0.3 is 5.11 Å². The molecule has 0 amide bonds. The number of rotatable bonds is 3. The van der Waals surface area contributed by atoms with Crippen molar-refractivity contribution in [2.45, 2.75) is 50.0 Å². The maximum atomic E-state index is 12.2. The van der Waals surface area contributed by atoms with Crippen LogP contribution in [0.3, 0.4) is 0 Å². The molecule has 106 valence electrons. The molecule has 5 heteroatoms. The summed E-state index contributed by atoms with van der Waals surface area (Å²) in [7, 11) is -3.53. The Hall–Kier alpha value is -1.07. The Balaban J connectivity index is 2.08. The van der Waals surface area contributed by atoms with E-state index in [1.165, 1.54) is 24.6 Å². The summed E-state index contributed by atoms with van der Waals surface area (Å²) in [6, 6.07) is 5.80. The average molecular weight is 283 g/mol. The predicted octanol–water partition coefficient (Wildman–Crippen LogP) is 2.64. The summed E-state index contributed by atoms with van der Waals surface area (Å²) < 4.78 is 27.2. The van der Waals surface area contributed by atoms with Crippen LogP contribution in [0, 0.1) is 5.92 Å². The van der Waals surface area contributed by atoms with E-state index in [0.29, 0.717) is 5.92 Å². The lowest BCUT2D eigenvalue weighted by atomic mass is 10.0. The van der Waals surface area contributed by atoms with Crippen molar-refractivity contribution in [2.24, 2.45) is 5.92 Å². The topological polar surface area (TPSA) is 66.4 Å². The van der Waals surface area contributed by atoms with Crippen molar-refractivity contribution < 1.29 is 13.5 Å². The molecule has 0 bridgehead atoms. The Bertz CT molecular complexity index is 527. The van der Waals surface area contributed by atoms with E-state index in [4.69, 9.17) is 0 Å². The molecule has 2 rings (SSSR count). The van der Waals surface area contributed by atoms with Gasteiger partial charge >= 0.3 is 0 Å². The quantitative estimate of drug-likeness (QED) is 0.838. The molecule has 2 N–H and O–H groups in total. The van der Waals surface area contributed by atoms with Crippen molar-refractivity contribution >= 4 is 10.0 Å². The first-order valence-corrected chi connectivity index (χ1v) is 8.27. The maximum absolute atomic E-state index is 12.2. The number of sulfonamides is 1. The van der Waals surface area contributed by atoms with Crippen LogP contribution in [0.2, 0.25) is 0 Å². The van der Waals surface area contributed by atoms with Crippen LogP contribution in [-0.2, 0) is 10.0 Å². The largest absolute Gasteiger partial charge is 0.508 e. The van der Waals surface area contributed by atoms with Gasteiger partial charge in [0.05, 0.1) is 4.90 Å². The van der Waals surface area contributed by atoms with Crippen LogP contribution in [0.5, 0.6) is 5.75 Å². The fourth-order valence-electron chi connectivity index (χ4n) is 2.54. The minimum Gasteiger partial charge on any atom is -0.508 e. The zero-order chi connectivity index (χ0) is 13.9. The highest BCUT2D eigenvalue weighted by molar-refractivity contribution is 7.89. The van der Waals surface area contributed by atoms with Crippen LogP contribution in [0.15, 0.2) is 29.2 Å². The third kappa shape index (κ3) is 3.94. The van der Waals surface area contributed by atoms with Crippen LogP contribution in [0.25, 0.3) is 0 Å². The lowest BCUT2D eigenvalue weighted by Crippen LogP contribution is -2.34. The minimum absolute atomic E-state index is 0.0114. The monoisotopic (exact) mass is 283 g/mol. The van der Waals surface area contributed by atoms with Crippen LogP contribution in [-0.4, -0.2) is 19.6 Å². The summed E-state index contributed by atoms with van der Waals surface area (Å²) in [5.74, 6) is 0.646. The first-order chi connectivity index (χ1) is 8.97. The van der Waals surface area contributed by atoms with Crippen molar-refractivity contribution in [3.63, 3.8) is 0 Å². The molecule has 1 aromatic carbocycles. The van der Waals surface area contributed by atoms with Crippen LogP contribution < -0.4 is 4.72 Å². The summed E-state index contributed by atoms with van der Waals surface area (Å²) >= 11 is 0. The van der Waals surface area contributed by atoms with E-state index < -0.39 is 10.0 Å². The maximum Gasteiger partial charge on any atom is 0.240 e. The highest BCUT2D eigenvalue weighted by Crippen LogP contribution is 2.24. The second kappa shape index (κ2) is 5.92. The molecular weight excluding hydrogens is 262 g/mol. The molecule has 2 atom stereocenters. The first-order valence-electron chi connectivity index (χ1n) is 6.79. The summed E-state index contributed by atoms with van der Waals surface area (Å²) in [5.41, 5.74) is 0. The molecule has 4 nitrogen and oxygen atoms in total. The van der Waals surface area contributed by atoms with E-state index in [0.717, 1.165) is 25.7 Å². The lowest BCUT2D eigenvalue weighted by molar-refractivity contribution is 0.471. The van der Waals surface area contributed by atoms with Gasteiger partial charge in [0.1, 0.15) is 5.75 Å². The number of hydrogen-bond acceptors (Lipinski definition) is 3. The zero-order valence-electron chi connectivity index (χ0n) is 11.2. The summed E-state index contributed by atoms with van der Waals surface area (Å²) in [4.78, 5) is 0.129. The number of phenolic OH excluding ortho intramolecular Hbond substituents is 1. The molecular formula is C14H21NO3S. The molecule has 1 aromatic rings. The normalized spacial score (nSPS) is 24.9. The molecule has 1 fully saturated rings. The lowest BCUT2D eigenvalue weighted by Gasteiger charge is -2.16. The van der Waals surface area contributed by atoms with Crippen molar-refractivity contribution in [3.8, 4) is 5.75 Å². The number of aromatic hydroxyl groups is 1. The van der Waals surface area contributed by atoms with Gasteiger partial charge in [0.15, 0.2) is 0 Å².